The standard InChI is InChI=1S/C24H23N5O2S/c1-13-22(17-6-7-26-11-21(17)32-13)20-8-18-19(10-27-24(25)23(18)31-20)14-9-28-29(12-14)15-2-4-16(30)5-3-15/h6-12,15-16,30H,2-5H2,1H3,(H2,25,27)/t15-,16-. The van der Waals surface area contributed by atoms with Crippen LogP contribution in [0, 0.1) is 6.92 Å². The Kier molecular flexibility index (Phi) is 4.51. The molecule has 6 rings (SSSR count). The highest BCUT2D eigenvalue weighted by atomic mass is 32.1. The van der Waals surface area contributed by atoms with Gasteiger partial charge in [-0.15, -0.1) is 11.3 Å². The molecule has 5 heterocycles. The quantitative estimate of drug-likeness (QED) is 0.389. The van der Waals surface area contributed by atoms with Crippen molar-refractivity contribution in [3.63, 3.8) is 0 Å². The Morgan fingerprint density at radius 3 is 2.84 bits per heavy atom. The summed E-state index contributed by atoms with van der Waals surface area (Å²) >= 11 is 1.71. The van der Waals surface area contributed by atoms with Gasteiger partial charge in [0, 0.05) is 57.1 Å². The summed E-state index contributed by atoms with van der Waals surface area (Å²) in [6.45, 7) is 2.10. The lowest BCUT2D eigenvalue weighted by Crippen LogP contribution is -2.21. The number of furan rings is 1. The van der Waals surface area contributed by atoms with Gasteiger partial charge in [-0.1, -0.05) is 0 Å². The number of aryl methyl sites for hydroxylation is 1. The molecule has 8 heteroatoms. The van der Waals surface area contributed by atoms with Gasteiger partial charge in [0.1, 0.15) is 5.76 Å². The van der Waals surface area contributed by atoms with Crippen LogP contribution < -0.4 is 5.73 Å². The van der Waals surface area contributed by atoms with E-state index in [1.165, 1.54) is 4.88 Å². The number of aliphatic hydroxyl groups is 1. The Hall–Kier alpha value is -3.23. The maximum absolute atomic E-state index is 9.80. The number of hydrogen-bond donors (Lipinski definition) is 2. The second-order valence-electron chi connectivity index (χ2n) is 8.49. The van der Waals surface area contributed by atoms with Gasteiger partial charge >= 0.3 is 0 Å². The largest absolute Gasteiger partial charge is 0.452 e. The molecule has 162 valence electrons. The van der Waals surface area contributed by atoms with Crippen LogP contribution in [0.1, 0.15) is 36.6 Å². The lowest BCUT2D eigenvalue weighted by molar-refractivity contribution is 0.108. The van der Waals surface area contributed by atoms with Crippen molar-refractivity contribution >= 4 is 38.2 Å². The molecule has 0 spiro atoms. The van der Waals surface area contributed by atoms with Crippen molar-refractivity contribution in [1.29, 1.82) is 0 Å². The van der Waals surface area contributed by atoms with E-state index in [0.717, 1.165) is 63.6 Å². The molecule has 3 N–H and O–H groups in total. The van der Waals surface area contributed by atoms with Crippen molar-refractivity contribution in [3.8, 4) is 22.5 Å². The summed E-state index contributed by atoms with van der Waals surface area (Å²) in [5, 5.41) is 16.5. The average Bonchev–Trinajstić information content (AvgIpc) is 3.51. The maximum Gasteiger partial charge on any atom is 0.177 e. The Labute approximate surface area is 188 Å². The number of aliphatic hydroxyl groups excluding tert-OH is 1. The molecule has 1 saturated carbocycles. The van der Waals surface area contributed by atoms with E-state index >= 15 is 0 Å². The predicted molar refractivity (Wildman–Crippen MR) is 127 cm³/mol. The van der Waals surface area contributed by atoms with Crippen LogP contribution >= 0.6 is 11.3 Å². The summed E-state index contributed by atoms with van der Waals surface area (Å²) in [4.78, 5) is 9.82. The van der Waals surface area contributed by atoms with Crippen LogP contribution in [-0.4, -0.2) is 31.0 Å². The number of fused-ring (bicyclic) bond motifs is 2. The molecule has 0 aliphatic heterocycles. The van der Waals surface area contributed by atoms with Crippen LogP contribution in [0.3, 0.4) is 0 Å². The van der Waals surface area contributed by atoms with E-state index < -0.39 is 0 Å². The fourth-order valence-corrected chi connectivity index (χ4v) is 5.81. The molecule has 5 aromatic rings. The molecule has 7 nitrogen and oxygen atoms in total. The molecule has 1 aliphatic carbocycles. The van der Waals surface area contributed by atoms with E-state index in [-0.39, 0.29) is 6.10 Å². The van der Waals surface area contributed by atoms with Gasteiger partial charge in [-0.05, 0) is 44.7 Å². The zero-order valence-electron chi connectivity index (χ0n) is 17.7. The Morgan fingerprint density at radius 1 is 1.16 bits per heavy atom. The van der Waals surface area contributed by atoms with Crippen LogP contribution in [0.25, 0.3) is 43.5 Å². The van der Waals surface area contributed by atoms with Gasteiger partial charge in [-0.2, -0.15) is 5.10 Å². The van der Waals surface area contributed by atoms with Crippen LogP contribution in [0.4, 0.5) is 5.82 Å². The third kappa shape index (κ3) is 3.10. The number of aromatic nitrogens is 4. The van der Waals surface area contributed by atoms with Crippen molar-refractivity contribution in [2.45, 2.75) is 44.8 Å². The van der Waals surface area contributed by atoms with E-state index in [1.807, 2.05) is 23.1 Å². The first kappa shape index (κ1) is 19.5. The molecule has 1 aliphatic rings. The smallest absolute Gasteiger partial charge is 0.177 e. The Bertz CT molecular complexity index is 1440. The second-order valence-corrected chi connectivity index (χ2v) is 9.74. The molecule has 0 radical (unpaired) electrons. The number of nitrogens with zero attached hydrogens (tertiary/aromatic N) is 4. The summed E-state index contributed by atoms with van der Waals surface area (Å²) in [5.41, 5.74) is 9.80. The van der Waals surface area contributed by atoms with E-state index in [0.29, 0.717) is 17.4 Å². The number of pyridine rings is 2. The summed E-state index contributed by atoms with van der Waals surface area (Å²) < 4.78 is 9.42. The lowest BCUT2D eigenvalue weighted by atomic mass is 9.93. The SMILES string of the molecule is Cc1sc2cnccc2c1-c1cc2c(-c3cnn([C@H]4CC[C@H](O)CC4)c3)cnc(N)c2o1. The summed E-state index contributed by atoms with van der Waals surface area (Å²) in [5.74, 6) is 1.16. The van der Waals surface area contributed by atoms with E-state index in [4.69, 9.17) is 10.2 Å². The Morgan fingerprint density at radius 2 is 2.00 bits per heavy atom. The van der Waals surface area contributed by atoms with Gasteiger partial charge in [-0.3, -0.25) is 9.67 Å². The van der Waals surface area contributed by atoms with Crippen LogP contribution in [-0.2, 0) is 0 Å². The molecular formula is C24H23N5O2S. The van der Waals surface area contributed by atoms with Gasteiger partial charge in [0.2, 0.25) is 0 Å². The third-order valence-corrected chi connectivity index (χ3v) is 7.51. The Balaban J connectivity index is 1.45. The summed E-state index contributed by atoms with van der Waals surface area (Å²) in [6.07, 6.45) is 12.8. The van der Waals surface area contributed by atoms with Gasteiger partial charge < -0.3 is 15.3 Å². The normalized spacial score (nSPS) is 19.2. The number of nitrogen functional groups attached to an aromatic ring is 1. The molecule has 0 aromatic carbocycles. The number of nitrogens with two attached hydrogens (primary N) is 1. The van der Waals surface area contributed by atoms with Gasteiger partial charge in [0.05, 0.1) is 23.0 Å². The van der Waals surface area contributed by atoms with Crippen molar-refractivity contribution in [1.82, 2.24) is 19.7 Å². The number of thiophene rings is 1. The molecule has 0 atom stereocenters. The molecule has 0 bridgehead atoms. The highest BCUT2D eigenvalue weighted by Gasteiger charge is 2.23. The van der Waals surface area contributed by atoms with Gasteiger partial charge in [0.15, 0.2) is 11.4 Å². The monoisotopic (exact) mass is 445 g/mol. The van der Waals surface area contributed by atoms with E-state index in [9.17, 15) is 5.11 Å². The molecule has 5 aromatic heterocycles. The zero-order chi connectivity index (χ0) is 21.8. The first-order valence-corrected chi connectivity index (χ1v) is 11.6. The molecule has 0 saturated heterocycles. The van der Waals surface area contributed by atoms with Crippen molar-refractivity contribution in [2.75, 3.05) is 5.73 Å². The highest BCUT2D eigenvalue weighted by Crippen LogP contribution is 2.42. The van der Waals surface area contributed by atoms with Crippen molar-refractivity contribution < 1.29 is 9.52 Å². The molecule has 0 unspecified atom stereocenters. The fourth-order valence-electron chi connectivity index (χ4n) is 4.78. The van der Waals surface area contributed by atoms with Crippen molar-refractivity contribution in [2.24, 2.45) is 0 Å². The van der Waals surface area contributed by atoms with Gasteiger partial charge in [-0.25, -0.2) is 4.98 Å². The second kappa shape index (κ2) is 7.43. The summed E-state index contributed by atoms with van der Waals surface area (Å²) in [7, 11) is 0. The van der Waals surface area contributed by atoms with Crippen LogP contribution in [0.2, 0.25) is 0 Å². The van der Waals surface area contributed by atoms with Crippen molar-refractivity contribution in [3.05, 3.63) is 48.0 Å². The first-order chi connectivity index (χ1) is 15.6. The van der Waals surface area contributed by atoms with Crippen LogP contribution in [0.5, 0.6) is 0 Å². The molecule has 1 fully saturated rings. The predicted octanol–water partition coefficient (Wildman–Crippen LogP) is 5.33. The number of hydrogen-bond acceptors (Lipinski definition) is 7. The molecule has 0 amide bonds. The summed E-state index contributed by atoms with van der Waals surface area (Å²) in [6, 6.07) is 4.40. The number of rotatable bonds is 3. The maximum atomic E-state index is 9.80. The topological polar surface area (TPSA) is 103 Å². The van der Waals surface area contributed by atoms with Crippen LogP contribution in [0.15, 0.2) is 47.5 Å². The first-order valence-electron chi connectivity index (χ1n) is 10.8. The van der Waals surface area contributed by atoms with E-state index in [1.54, 1.807) is 23.7 Å². The molecular weight excluding hydrogens is 422 g/mol. The van der Waals surface area contributed by atoms with E-state index in [2.05, 4.69) is 34.3 Å². The number of anilines is 1. The average molecular weight is 446 g/mol. The molecule has 32 heavy (non-hydrogen) atoms. The highest BCUT2D eigenvalue weighted by molar-refractivity contribution is 7.19. The minimum absolute atomic E-state index is 0.181. The third-order valence-electron chi connectivity index (χ3n) is 6.46. The zero-order valence-corrected chi connectivity index (χ0v) is 18.5. The minimum atomic E-state index is -0.181. The lowest BCUT2D eigenvalue weighted by Gasteiger charge is -2.25. The van der Waals surface area contributed by atoms with Gasteiger partial charge in [0.25, 0.3) is 0 Å². The minimum Gasteiger partial charge on any atom is -0.452 e. The fraction of sp³-hybridized carbons (Fsp3) is 0.292.